The number of nitrogens with zero attached hydrogens (tertiary/aromatic N) is 2. The molecule has 0 radical (unpaired) electrons. The van der Waals surface area contributed by atoms with Crippen molar-refractivity contribution in [2.24, 2.45) is 11.8 Å². The summed E-state index contributed by atoms with van der Waals surface area (Å²) in [6.07, 6.45) is 7.93. The number of aliphatic hydroxyl groups is 1. The van der Waals surface area contributed by atoms with E-state index in [1.165, 1.54) is 18.2 Å². The van der Waals surface area contributed by atoms with Crippen LogP contribution in [-0.4, -0.2) is 84.4 Å². The van der Waals surface area contributed by atoms with Crippen LogP contribution in [0.1, 0.15) is 44.9 Å². The molecule has 0 aromatic heterocycles. The van der Waals surface area contributed by atoms with Crippen LogP contribution < -0.4 is 0 Å². The molecule has 172 valence electrons. The van der Waals surface area contributed by atoms with Gasteiger partial charge in [0.2, 0.25) is 11.8 Å². The van der Waals surface area contributed by atoms with Crippen LogP contribution in [0.3, 0.4) is 0 Å². The molecule has 3 unspecified atom stereocenters. The molecule has 3 saturated heterocycles. The number of carbonyl (C=O) groups is 3. The lowest BCUT2D eigenvalue weighted by Crippen LogP contribution is -2.57. The normalized spacial score (nSPS) is 37.2. The first kappa shape index (κ1) is 23.1. The first-order valence-electron chi connectivity index (χ1n) is 11.2. The molecule has 7 nitrogen and oxygen atoms in total. The fourth-order valence-corrected chi connectivity index (χ4v) is 9.88. The Bertz CT molecular complexity index is 760. The molecule has 4 fully saturated rings. The number of rotatable bonds is 8. The summed E-state index contributed by atoms with van der Waals surface area (Å²) in [6, 6.07) is -0.569. The standard InChI is InChI=1S/C22H31BrN2O5S/c1-2-9-24(13-7-4-3-5-8-13)20(28)18-22-12-14(23)17(31-22)15(21(29)30)16(22)19(27)25(18)10-6-11-26/h2,13-18,26H,1,3-12H2,(H,29,30)/t14?,15-,16-,17-,18?,22?/m0/s1. The van der Waals surface area contributed by atoms with Gasteiger partial charge in [0.15, 0.2) is 0 Å². The van der Waals surface area contributed by atoms with Crippen molar-refractivity contribution in [1.29, 1.82) is 0 Å². The van der Waals surface area contributed by atoms with Crippen molar-refractivity contribution in [2.45, 2.75) is 71.9 Å². The number of carboxylic acids is 1. The SMILES string of the molecule is C=CCN(C(=O)C1N(CCCO)C(=O)[C@@H]2[C@H](C(=O)O)[C@H]3SC12CC3Br)C1CCCCC1. The molecule has 1 spiro atoms. The smallest absolute Gasteiger partial charge is 0.308 e. The highest BCUT2D eigenvalue weighted by molar-refractivity contribution is 9.09. The maximum atomic E-state index is 14.1. The lowest BCUT2D eigenvalue weighted by Gasteiger charge is -2.41. The first-order valence-corrected chi connectivity index (χ1v) is 13.0. The van der Waals surface area contributed by atoms with E-state index in [9.17, 15) is 24.6 Å². The number of aliphatic carboxylic acids is 1. The average molecular weight is 515 g/mol. The third-order valence-electron chi connectivity index (χ3n) is 7.49. The minimum absolute atomic E-state index is 0.0433. The van der Waals surface area contributed by atoms with Gasteiger partial charge < -0.3 is 20.0 Å². The number of amides is 2. The Morgan fingerprint density at radius 2 is 2.03 bits per heavy atom. The van der Waals surface area contributed by atoms with Gasteiger partial charge in [-0.25, -0.2) is 0 Å². The Morgan fingerprint density at radius 3 is 2.65 bits per heavy atom. The number of carbonyl (C=O) groups excluding carboxylic acids is 2. The van der Waals surface area contributed by atoms with Gasteiger partial charge in [-0.05, 0) is 25.7 Å². The molecule has 0 aromatic carbocycles. The number of halogens is 1. The predicted octanol–water partition coefficient (Wildman–Crippen LogP) is 2.27. The van der Waals surface area contributed by atoms with Crippen molar-refractivity contribution in [3.63, 3.8) is 0 Å². The van der Waals surface area contributed by atoms with Crippen LogP contribution in [0.15, 0.2) is 12.7 Å². The molecule has 1 saturated carbocycles. The molecule has 3 aliphatic heterocycles. The number of fused-ring (bicyclic) bond motifs is 1. The van der Waals surface area contributed by atoms with Gasteiger partial charge in [0.05, 0.1) is 16.6 Å². The third-order valence-corrected chi connectivity index (χ3v) is 10.7. The van der Waals surface area contributed by atoms with E-state index in [1.807, 2.05) is 4.90 Å². The van der Waals surface area contributed by atoms with E-state index in [2.05, 4.69) is 22.5 Å². The zero-order chi connectivity index (χ0) is 22.3. The van der Waals surface area contributed by atoms with E-state index >= 15 is 0 Å². The van der Waals surface area contributed by atoms with Gasteiger partial charge in [0.25, 0.3) is 0 Å². The molecule has 3 heterocycles. The van der Waals surface area contributed by atoms with E-state index in [0.717, 1.165) is 25.7 Å². The number of hydrogen-bond acceptors (Lipinski definition) is 5. The summed E-state index contributed by atoms with van der Waals surface area (Å²) in [4.78, 5) is 43.2. The molecule has 31 heavy (non-hydrogen) atoms. The van der Waals surface area contributed by atoms with Crippen LogP contribution in [0.2, 0.25) is 0 Å². The predicted molar refractivity (Wildman–Crippen MR) is 122 cm³/mol. The van der Waals surface area contributed by atoms with E-state index in [4.69, 9.17) is 0 Å². The second-order valence-corrected chi connectivity index (χ2v) is 11.9. The highest BCUT2D eigenvalue weighted by Gasteiger charge is 2.76. The monoisotopic (exact) mass is 514 g/mol. The molecular formula is C22H31BrN2O5S. The van der Waals surface area contributed by atoms with Gasteiger partial charge in [-0.15, -0.1) is 18.3 Å². The first-order chi connectivity index (χ1) is 14.9. The number of thioether (sulfide) groups is 1. The van der Waals surface area contributed by atoms with Crippen molar-refractivity contribution >= 4 is 45.5 Å². The Balaban J connectivity index is 1.73. The van der Waals surface area contributed by atoms with Gasteiger partial charge in [0, 0.05) is 35.8 Å². The van der Waals surface area contributed by atoms with E-state index in [-0.39, 0.29) is 41.1 Å². The van der Waals surface area contributed by atoms with Gasteiger partial charge in [-0.3, -0.25) is 14.4 Å². The third kappa shape index (κ3) is 3.64. The molecule has 4 rings (SSSR count). The molecule has 4 aliphatic rings. The molecule has 2 N–H and O–H groups in total. The zero-order valence-corrected chi connectivity index (χ0v) is 20.0. The molecule has 2 amide bonds. The van der Waals surface area contributed by atoms with Crippen LogP contribution in [0.25, 0.3) is 0 Å². The van der Waals surface area contributed by atoms with Crippen molar-refractivity contribution in [2.75, 3.05) is 19.7 Å². The molecule has 6 atom stereocenters. The Kier molecular flexibility index (Phi) is 6.75. The van der Waals surface area contributed by atoms with Crippen molar-refractivity contribution in [3.05, 3.63) is 12.7 Å². The van der Waals surface area contributed by atoms with Crippen LogP contribution in [0, 0.1) is 11.8 Å². The van der Waals surface area contributed by atoms with Gasteiger partial charge in [-0.2, -0.15) is 0 Å². The largest absolute Gasteiger partial charge is 0.481 e. The minimum atomic E-state index is -0.965. The summed E-state index contributed by atoms with van der Waals surface area (Å²) in [5, 5.41) is 19.1. The summed E-state index contributed by atoms with van der Waals surface area (Å²) in [7, 11) is 0. The van der Waals surface area contributed by atoms with Crippen LogP contribution in [0.4, 0.5) is 0 Å². The fourth-order valence-electron chi connectivity index (χ4n) is 6.28. The number of carboxylic acid groups (broad SMARTS) is 1. The highest BCUT2D eigenvalue weighted by atomic mass is 79.9. The zero-order valence-electron chi connectivity index (χ0n) is 17.6. The minimum Gasteiger partial charge on any atom is -0.481 e. The number of hydrogen-bond donors (Lipinski definition) is 2. The van der Waals surface area contributed by atoms with Crippen LogP contribution in [-0.2, 0) is 14.4 Å². The average Bonchev–Trinajstić information content (AvgIpc) is 3.34. The van der Waals surface area contributed by atoms with Crippen LogP contribution in [0.5, 0.6) is 0 Å². The summed E-state index contributed by atoms with van der Waals surface area (Å²) in [5.41, 5.74) is 0. The number of alkyl halides is 1. The molecule has 9 heteroatoms. The van der Waals surface area contributed by atoms with E-state index in [0.29, 0.717) is 19.4 Å². The topological polar surface area (TPSA) is 98.2 Å². The second-order valence-electron chi connectivity index (χ2n) is 9.18. The summed E-state index contributed by atoms with van der Waals surface area (Å²) in [5.74, 6) is -2.78. The Labute approximate surface area is 195 Å². The van der Waals surface area contributed by atoms with Crippen LogP contribution >= 0.6 is 27.7 Å². The fraction of sp³-hybridized carbons (Fsp3) is 0.773. The summed E-state index contributed by atoms with van der Waals surface area (Å²) >= 11 is 5.18. The number of aliphatic hydroxyl groups excluding tert-OH is 1. The highest BCUT2D eigenvalue weighted by Crippen LogP contribution is 2.67. The molecular weight excluding hydrogens is 484 g/mol. The van der Waals surface area contributed by atoms with Gasteiger partial charge >= 0.3 is 5.97 Å². The van der Waals surface area contributed by atoms with E-state index in [1.54, 1.807) is 11.0 Å². The van der Waals surface area contributed by atoms with Crippen molar-refractivity contribution in [1.82, 2.24) is 9.80 Å². The van der Waals surface area contributed by atoms with E-state index < -0.39 is 28.6 Å². The Hall–Kier alpha value is -1.06. The number of likely N-dealkylation sites (tertiary alicyclic amines) is 1. The summed E-state index contributed by atoms with van der Waals surface area (Å²) in [6.45, 7) is 4.46. The van der Waals surface area contributed by atoms with Crippen molar-refractivity contribution in [3.8, 4) is 0 Å². The second kappa shape index (κ2) is 9.06. The maximum absolute atomic E-state index is 14.1. The van der Waals surface area contributed by atoms with Gasteiger partial charge in [0.1, 0.15) is 6.04 Å². The van der Waals surface area contributed by atoms with Gasteiger partial charge in [-0.1, -0.05) is 41.3 Å². The summed E-state index contributed by atoms with van der Waals surface area (Å²) < 4.78 is -0.737. The Morgan fingerprint density at radius 1 is 1.32 bits per heavy atom. The lowest BCUT2D eigenvalue weighted by atomic mass is 9.71. The molecule has 0 aromatic rings. The molecule has 1 aliphatic carbocycles. The molecule has 2 bridgehead atoms. The van der Waals surface area contributed by atoms with Crippen molar-refractivity contribution < 1.29 is 24.6 Å². The lowest BCUT2D eigenvalue weighted by molar-refractivity contribution is -0.148. The quantitative estimate of drug-likeness (QED) is 0.380. The maximum Gasteiger partial charge on any atom is 0.308 e.